The Balaban J connectivity index is 2.70. The molecule has 0 saturated carbocycles. The van der Waals surface area contributed by atoms with Crippen molar-refractivity contribution < 1.29 is 23.8 Å². The Bertz CT molecular complexity index is 402. The fourth-order valence-corrected chi connectivity index (χ4v) is 0.971. The van der Waals surface area contributed by atoms with Gasteiger partial charge >= 0.3 is 12.1 Å². The van der Waals surface area contributed by atoms with E-state index in [1.165, 1.54) is 12.3 Å². The molecular weight excluding hydrogens is 214 g/mol. The van der Waals surface area contributed by atoms with Gasteiger partial charge < -0.3 is 14.3 Å². The zero-order valence-electron chi connectivity index (χ0n) is 9.23. The van der Waals surface area contributed by atoms with Crippen molar-refractivity contribution in [3.63, 3.8) is 0 Å². The van der Waals surface area contributed by atoms with Crippen LogP contribution in [0.3, 0.4) is 0 Å². The first-order chi connectivity index (χ1) is 7.29. The van der Waals surface area contributed by atoms with Crippen LogP contribution in [0.25, 0.3) is 0 Å². The molecule has 0 aliphatic rings. The summed E-state index contributed by atoms with van der Waals surface area (Å²) in [6.45, 7) is 5.10. The molecular formula is C10H13NO5. The van der Waals surface area contributed by atoms with Gasteiger partial charge in [-0.2, -0.15) is 0 Å². The van der Waals surface area contributed by atoms with Gasteiger partial charge in [0.25, 0.3) is 0 Å². The van der Waals surface area contributed by atoms with E-state index in [-0.39, 0.29) is 11.4 Å². The highest BCUT2D eigenvalue weighted by Crippen LogP contribution is 2.18. The number of carboxylic acid groups (broad SMARTS) is 1. The molecule has 6 nitrogen and oxygen atoms in total. The molecule has 0 aliphatic heterocycles. The van der Waals surface area contributed by atoms with Crippen LogP contribution in [0, 0.1) is 0 Å². The minimum absolute atomic E-state index is 0.120. The third-order valence-corrected chi connectivity index (χ3v) is 1.51. The van der Waals surface area contributed by atoms with Gasteiger partial charge in [-0.25, -0.2) is 9.59 Å². The summed E-state index contributed by atoms with van der Waals surface area (Å²) in [4.78, 5) is 22.0. The molecule has 2 N–H and O–H groups in total. The van der Waals surface area contributed by atoms with Gasteiger partial charge in [-0.3, -0.25) is 5.32 Å². The number of rotatable bonds is 2. The third-order valence-electron chi connectivity index (χ3n) is 1.51. The van der Waals surface area contributed by atoms with Gasteiger partial charge in [0.15, 0.2) is 0 Å². The Hall–Kier alpha value is -1.98. The summed E-state index contributed by atoms with van der Waals surface area (Å²) in [5, 5.41) is 11.0. The Morgan fingerprint density at radius 3 is 2.56 bits per heavy atom. The summed E-state index contributed by atoms with van der Waals surface area (Å²) >= 11 is 0. The predicted molar refractivity (Wildman–Crippen MR) is 55.5 cm³/mol. The molecule has 6 heteroatoms. The number of carboxylic acids is 1. The van der Waals surface area contributed by atoms with E-state index in [0.29, 0.717) is 0 Å². The van der Waals surface area contributed by atoms with Crippen molar-refractivity contribution >= 4 is 17.9 Å². The van der Waals surface area contributed by atoms with Crippen molar-refractivity contribution in [1.29, 1.82) is 0 Å². The Kier molecular flexibility index (Phi) is 3.22. The van der Waals surface area contributed by atoms with E-state index in [1.54, 1.807) is 20.8 Å². The highest BCUT2D eigenvalue weighted by atomic mass is 16.6. The smallest absolute Gasteiger partial charge is 0.414 e. The van der Waals surface area contributed by atoms with Gasteiger partial charge in [0.05, 0.1) is 6.26 Å². The van der Waals surface area contributed by atoms with Crippen molar-refractivity contribution in [2.45, 2.75) is 26.4 Å². The van der Waals surface area contributed by atoms with Crippen LogP contribution < -0.4 is 5.32 Å². The minimum atomic E-state index is -1.18. The molecule has 0 saturated heterocycles. The quantitative estimate of drug-likeness (QED) is 0.809. The summed E-state index contributed by atoms with van der Waals surface area (Å²) < 4.78 is 9.76. The fraction of sp³-hybridized carbons (Fsp3) is 0.400. The number of hydrogen-bond donors (Lipinski definition) is 2. The van der Waals surface area contributed by atoms with E-state index >= 15 is 0 Å². The van der Waals surface area contributed by atoms with Crippen molar-refractivity contribution in [1.82, 2.24) is 0 Å². The zero-order valence-corrected chi connectivity index (χ0v) is 9.23. The first-order valence-electron chi connectivity index (χ1n) is 4.60. The summed E-state index contributed by atoms with van der Waals surface area (Å²) in [6, 6.07) is 1.25. The van der Waals surface area contributed by atoms with E-state index in [0.717, 1.165) is 0 Å². The van der Waals surface area contributed by atoms with Crippen LogP contribution >= 0.6 is 0 Å². The van der Waals surface area contributed by atoms with E-state index in [1.807, 2.05) is 0 Å². The summed E-state index contributed by atoms with van der Waals surface area (Å²) in [5.41, 5.74) is -0.772. The highest BCUT2D eigenvalue weighted by molar-refractivity contribution is 5.96. The normalized spacial score (nSPS) is 10.9. The van der Waals surface area contributed by atoms with Gasteiger partial charge in [0.1, 0.15) is 11.2 Å². The molecule has 0 spiro atoms. The number of aromatic carboxylic acids is 1. The second-order valence-corrected chi connectivity index (χ2v) is 4.10. The van der Waals surface area contributed by atoms with E-state index in [4.69, 9.17) is 14.3 Å². The van der Waals surface area contributed by atoms with Gasteiger partial charge in [-0.05, 0) is 26.8 Å². The lowest BCUT2D eigenvalue weighted by Gasteiger charge is -2.19. The maximum atomic E-state index is 11.3. The second kappa shape index (κ2) is 4.26. The maximum Gasteiger partial charge on any atom is 0.414 e. The average Bonchev–Trinajstić information content (AvgIpc) is 2.47. The standard InChI is InChI=1S/C10H13NO5/c1-10(2,3)16-9(14)11-7-6(8(12)13)4-5-15-7/h4-5H,1-3H3,(H,11,14)(H,12,13). The summed E-state index contributed by atoms with van der Waals surface area (Å²) in [6.07, 6.45) is 0.417. The molecule has 1 aromatic heterocycles. The number of nitrogens with one attached hydrogen (secondary N) is 1. The Morgan fingerprint density at radius 2 is 2.06 bits per heavy atom. The first kappa shape index (κ1) is 12.1. The van der Waals surface area contributed by atoms with E-state index in [9.17, 15) is 9.59 Å². The van der Waals surface area contributed by atoms with Crippen molar-refractivity contribution in [2.24, 2.45) is 0 Å². The molecule has 0 atom stereocenters. The Labute approximate surface area is 92.2 Å². The summed E-state index contributed by atoms with van der Waals surface area (Å²) in [7, 11) is 0. The molecule has 1 amide bonds. The summed E-state index contributed by atoms with van der Waals surface area (Å²) in [5.74, 6) is -1.32. The monoisotopic (exact) mass is 227 g/mol. The van der Waals surface area contributed by atoms with Crippen molar-refractivity contribution in [2.75, 3.05) is 5.32 Å². The number of ether oxygens (including phenoxy) is 1. The van der Waals surface area contributed by atoms with Crippen molar-refractivity contribution in [3.8, 4) is 0 Å². The van der Waals surface area contributed by atoms with Crippen LogP contribution in [-0.2, 0) is 4.74 Å². The van der Waals surface area contributed by atoms with E-state index in [2.05, 4.69) is 5.32 Å². The predicted octanol–water partition coefficient (Wildman–Crippen LogP) is 2.32. The van der Waals surface area contributed by atoms with Crippen LogP contribution in [0.5, 0.6) is 0 Å². The molecule has 0 aromatic carbocycles. The number of amides is 1. The van der Waals surface area contributed by atoms with Gasteiger partial charge in [0, 0.05) is 0 Å². The highest BCUT2D eigenvalue weighted by Gasteiger charge is 2.20. The number of carbonyl (C=O) groups excluding carboxylic acids is 1. The van der Waals surface area contributed by atoms with Crippen LogP contribution in [0.4, 0.5) is 10.7 Å². The Morgan fingerprint density at radius 1 is 1.44 bits per heavy atom. The topological polar surface area (TPSA) is 88.8 Å². The lowest BCUT2D eigenvalue weighted by molar-refractivity contribution is 0.0632. The molecule has 0 fully saturated rings. The van der Waals surface area contributed by atoms with Crippen molar-refractivity contribution in [3.05, 3.63) is 17.9 Å². The zero-order chi connectivity index (χ0) is 12.3. The lowest BCUT2D eigenvalue weighted by Crippen LogP contribution is -2.27. The van der Waals surface area contributed by atoms with Crippen LogP contribution in [-0.4, -0.2) is 22.8 Å². The lowest BCUT2D eigenvalue weighted by atomic mass is 10.2. The number of furan rings is 1. The number of carbonyl (C=O) groups is 2. The molecule has 1 heterocycles. The SMILES string of the molecule is CC(C)(C)OC(=O)Nc1occc1C(=O)O. The third kappa shape index (κ3) is 3.30. The molecule has 16 heavy (non-hydrogen) atoms. The van der Waals surface area contributed by atoms with Crippen LogP contribution in [0.2, 0.25) is 0 Å². The number of anilines is 1. The molecule has 0 aliphatic carbocycles. The molecule has 0 radical (unpaired) electrons. The molecule has 0 bridgehead atoms. The van der Waals surface area contributed by atoms with E-state index < -0.39 is 17.7 Å². The largest absolute Gasteiger partial charge is 0.477 e. The van der Waals surface area contributed by atoms with Gasteiger partial charge in [-0.15, -0.1) is 0 Å². The van der Waals surface area contributed by atoms with Gasteiger partial charge in [-0.1, -0.05) is 0 Å². The van der Waals surface area contributed by atoms with Crippen LogP contribution in [0.15, 0.2) is 16.7 Å². The second-order valence-electron chi connectivity index (χ2n) is 4.10. The fourth-order valence-electron chi connectivity index (χ4n) is 0.971. The molecule has 1 aromatic rings. The molecule has 1 rings (SSSR count). The average molecular weight is 227 g/mol. The minimum Gasteiger partial charge on any atom is -0.477 e. The molecule has 0 unspecified atom stereocenters. The van der Waals surface area contributed by atoms with Gasteiger partial charge in [0.2, 0.25) is 5.88 Å². The first-order valence-corrected chi connectivity index (χ1v) is 4.60. The molecule has 88 valence electrons. The van der Waals surface area contributed by atoms with Crippen LogP contribution in [0.1, 0.15) is 31.1 Å². The maximum absolute atomic E-state index is 11.3. The number of hydrogen-bond acceptors (Lipinski definition) is 4.